The van der Waals surface area contributed by atoms with Crippen LogP contribution in [-0.4, -0.2) is 6.71 Å². The van der Waals surface area contributed by atoms with Crippen LogP contribution in [0.4, 0.5) is 0 Å². The smallest absolute Gasteiger partial charge is 0.0957 e. The normalized spacial score (nSPS) is 28.9. The fraction of sp³-hybridized carbons (Fsp3) is 0.875. The summed E-state index contributed by atoms with van der Waals surface area (Å²) in [4.78, 5) is 0. The second-order valence-electron chi connectivity index (χ2n) is 6.25. The molecule has 0 spiro atoms. The van der Waals surface area contributed by atoms with Crippen molar-refractivity contribution < 1.29 is 0 Å². The summed E-state index contributed by atoms with van der Waals surface area (Å²) >= 11 is 0. The Labute approximate surface area is 108 Å². The maximum absolute atomic E-state index is 2.51. The van der Waals surface area contributed by atoms with E-state index >= 15 is 0 Å². The van der Waals surface area contributed by atoms with Gasteiger partial charge in [0.15, 0.2) is 0 Å². The van der Waals surface area contributed by atoms with E-state index in [-0.39, 0.29) is 0 Å². The average Bonchev–Trinajstić information content (AvgIpc) is 2.33. The van der Waals surface area contributed by atoms with Gasteiger partial charge in [-0.15, -0.1) is 0 Å². The molecule has 0 unspecified atom stereocenters. The maximum atomic E-state index is 2.51. The molecule has 0 atom stereocenters. The lowest BCUT2D eigenvalue weighted by molar-refractivity contribution is 0.443. The van der Waals surface area contributed by atoms with Crippen LogP contribution in [0.1, 0.15) is 71.1 Å². The number of fused-ring (bicyclic) bond motifs is 2. The van der Waals surface area contributed by atoms with Crippen LogP contribution < -0.4 is 0 Å². The molecular formula is C16H29B. The van der Waals surface area contributed by atoms with Gasteiger partial charge in [0.25, 0.3) is 0 Å². The summed E-state index contributed by atoms with van der Waals surface area (Å²) in [6.07, 6.45) is 21.0. The van der Waals surface area contributed by atoms with Crippen LogP contribution in [0.5, 0.6) is 0 Å². The van der Waals surface area contributed by atoms with Gasteiger partial charge < -0.3 is 0 Å². The third-order valence-electron chi connectivity index (χ3n) is 5.06. The zero-order valence-corrected chi connectivity index (χ0v) is 11.7. The Morgan fingerprint density at radius 1 is 0.941 bits per heavy atom. The van der Waals surface area contributed by atoms with Crippen LogP contribution in [0, 0.1) is 0 Å². The van der Waals surface area contributed by atoms with Crippen LogP contribution >= 0.6 is 0 Å². The van der Waals surface area contributed by atoms with E-state index in [9.17, 15) is 0 Å². The molecule has 2 fully saturated rings. The zero-order chi connectivity index (χ0) is 11.9. The highest BCUT2D eigenvalue weighted by molar-refractivity contribution is 6.63. The van der Waals surface area contributed by atoms with Crippen molar-refractivity contribution in [3.8, 4) is 0 Å². The van der Waals surface area contributed by atoms with Crippen molar-refractivity contribution >= 4 is 6.71 Å². The highest BCUT2D eigenvalue weighted by Gasteiger charge is 2.37. The number of rotatable bonds is 6. The molecule has 0 N–H and O–H groups in total. The Kier molecular flexibility index (Phi) is 5.68. The van der Waals surface area contributed by atoms with E-state index in [1.54, 1.807) is 0 Å². The van der Waals surface area contributed by atoms with Gasteiger partial charge in [0, 0.05) is 0 Å². The van der Waals surface area contributed by atoms with E-state index in [4.69, 9.17) is 0 Å². The Bertz CT molecular complexity index is 212. The van der Waals surface area contributed by atoms with Crippen molar-refractivity contribution in [3.05, 3.63) is 12.2 Å². The first-order valence-electron chi connectivity index (χ1n) is 8.06. The maximum Gasteiger partial charge on any atom is 0.150 e. The highest BCUT2D eigenvalue weighted by Crippen LogP contribution is 2.47. The van der Waals surface area contributed by atoms with E-state index in [1.165, 1.54) is 70.5 Å². The largest absolute Gasteiger partial charge is 0.150 e. The first-order valence-corrected chi connectivity index (χ1v) is 8.06. The van der Waals surface area contributed by atoms with Crippen LogP contribution in [0.2, 0.25) is 18.0 Å². The minimum absolute atomic E-state index is 1.06. The zero-order valence-electron chi connectivity index (χ0n) is 11.7. The lowest BCUT2D eigenvalue weighted by atomic mass is 9.26. The summed E-state index contributed by atoms with van der Waals surface area (Å²) in [6.45, 7) is 3.34. The monoisotopic (exact) mass is 232 g/mol. The summed E-state index contributed by atoms with van der Waals surface area (Å²) in [6, 6.07) is 0. The standard InChI is InChI=1S/C16H29B/c1-2-3-4-5-6-7-14-17-15-10-8-11-16(17)13-9-12-15/h6-7,15-16H,2-5,8-14H2,1H3/b7-6+. The van der Waals surface area contributed by atoms with Gasteiger partial charge in [-0.1, -0.05) is 88.4 Å². The second kappa shape index (κ2) is 7.29. The van der Waals surface area contributed by atoms with Crippen molar-refractivity contribution in [3.63, 3.8) is 0 Å². The van der Waals surface area contributed by atoms with Gasteiger partial charge in [-0.3, -0.25) is 0 Å². The van der Waals surface area contributed by atoms with E-state index < -0.39 is 0 Å². The summed E-state index contributed by atoms with van der Waals surface area (Å²) < 4.78 is 0. The van der Waals surface area contributed by atoms with E-state index in [0.29, 0.717) is 0 Å². The number of hydrogen-bond donors (Lipinski definition) is 0. The van der Waals surface area contributed by atoms with Gasteiger partial charge in [0.1, 0.15) is 6.71 Å². The molecule has 2 aliphatic heterocycles. The first kappa shape index (κ1) is 13.2. The summed E-state index contributed by atoms with van der Waals surface area (Å²) in [5.41, 5.74) is 0. The Morgan fingerprint density at radius 3 is 2.18 bits per heavy atom. The molecule has 0 aliphatic carbocycles. The van der Waals surface area contributed by atoms with Crippen molar-refractivity contribution in [1.29, 1.82) is 0 Å². The lowest BCUT2D eigenvalue weighted by Crippen LogP contribution is -2.33. The fourth-order valence-corrected chi connectivity index (χ4v) is 4.08. The molecule has 0 aromatic rings. The quantitative estimate of drug-likeness (QED) is 0.312. The van der Waals surface area contributed by atoms with Crippen LogP contribution in [0.15, 0.2) is 12.2 Å². The van der Waals surface area contributed by atoms with Crippen LogP contribution in [-0.2, 0) is 0 Å². The van der Waals surface area contributed by atoms with E-state index in [1.807, 2.05) is 0 Å². The number of unbranched alkanes of at least 4 members (excludes halogenated alkanes) is 3. The molecule has 0 radical (unpaired) electrons. The Hall–Kier alpha value is -0.195. The van der Waals surface area contributed by atoms with Crippen molar-refractivity contribution in [2.45, 2.75) is 89.1 Å². The molecule has 0 aromatic heterocycles. The van der Waals surface area contributed by atoms with Gasteiger partial charge in [0.2, 0.25) is 0 Å². The minimum Gasteiger partial charge on any atom is -0.0957 e. The summed E-state index contributed by atoms with van der Waals surface area (Å²) in [7, 11) is 0. The van der Waals surface area contributed by atoms with Crippen LogP contribution in [0.3, 0.4) is 0 Å². The Balaban J connectivity index is 1.70. The predicted octanol–water partition coefficient (Wildman–Crippen LogP) is 5.73. The van der Waals surface area contributed by atoms with Gasteiger partial charge in [-0.05, 0) is 12.8 Å². The van der Waals surface area contributed by atoms with Crippen molar-refractivity contribution in [2.24, 2.45) is 0 Å². The molecule has 17 heavy (non-hydrogen) atoms. The fourth-order valence-electron chi connectivity index (χ4n) is 4.08. The van der Waals surface area contributed by atoms with Gasteiger partial charge in [-0.25, -0.2) is 0 Å². The third kappa shape index (κ3) is 3.90. The topological polar surface area (TPSA) is 0 Å². The Morgan fingerprint density at radius 2 is 1.59 bits per heavy atom. The average molecular weight is 232 g/mol. The van der Waals surface area contributed by atoms with Crippen molar-refractivity contribution in [1.82, 2.24) is 0 Å². The lowest BCUT2D eigenvalue weighted by Gasteiger charge is -2.40. The molecule has 2 bridgehead atoms. The van der Waals surface area contributed by atoms with Gasteiger partial charge >= 0.3 is 0 Å². The first-order chi connectivity index (χ1) is 8.42. The van der Waals surface area contributed by atoms with E-state index in [0.717, 1.165) is 18.3 Å². The molecule has 2 aliphatic rings. The molecule has 2 rings (SSSR count). The number of hydrogen-bond acceptors (Lipinski definition) is 0. The molecule has 2 heterocycles. The molecule has 1 heteroatoms. The van der Waals surface area contributed by atoms with Gasteiger partial charge in [0.05, 0.1) is 0 Å². The summed E-state index contributed by atoms with van der Waals surface area (Å²) in [5.74, 6) is 2.17. The molecule has 2 saturated heterocycles. The molecule has 96 valence electrons. The summed E-state index contributed by atoms with van der Waals surface area (Å²) in [5, 5.41) is 0. The molecular weight excluding hydrogens is 203 g/mol. The third-order valence-corrected chi connectivity index (χ3v) is 5.06. The SMILES string of the molecule is CCCCC/C=C/CB1C2CCCC1CCC2. The van der Waals surface area contributed by atoms with Crippen LogP contribution in [0.25, 0.3) is 0 Å². The second-order valence-corrected chi connectivity index (χ2v) is 6.25. The number of allylic oxidation sites excluding steroid dienone is 2. The van der Waals surface area contributed by atoms with Crippen molar-refractivity contribution in [2.75, 3.05) is 0 Å². The molecule has 0 nitrogen and oxygen atoms in total. The van der Waals surface area contributed by atoms with E-state index in [2.05, 4.69) is 19.1 Å². The molecule has 0 saturated carbocycles. The highest BCUT2D eigenvalue weighted by atomic mass is 14.2. The molecule has 0 aromatic carbocycles. The minimum atomic E-state index is 1.06. The molecule has 0 amide bonds. The van der Waals surface area contributed by atoms with Gasteiger partial charge in [-0.2, -0.15) is 0 Å². The predicted molar refractivity (Wildman–Crippen MR) is 79.0 cm³/mol.